The fraction of sp³-hybridized carbons (Fsp3) is 0.448. The standard InChI is InChI=1S/C29H32N5O8S2/c1-16-22(20-12-31-15-32(27(43-3)28(31)44-20)13-21(36)30-8-10-41-11-9-30)25(33-24(16)23(17(2)35)26(33)37)29(38)42-14-18-4-6-19(7-5-18)34(39)40/h4-7,12,15-17,23-24,35H,8-11,13-14H2,1-3H3/q+1/t16-,17+,23+,24+/m0/s1. The lowest BCUT2D eigenvalue weighted by Gasteiger charge is -2.46. The lowest BCUT2D eigenvalue weighted by Crippen LogP contribution is -2.63. The molecular weight excluding hydrogens is 610 g/mol. The minimum Gasteiger partial charge on any atom is -0.456 e. The maximum atomic E-state index is 13.6. The number of amides is 2. The van der Waals surface area contributed by atoms with E-state index in [4.69, 9.17) is 9.47 Å². The minimum absolute atomic E-state index is 0.0179. The first kappa shape index (κ1) is 30.2. The zero-order valence-electron chi connectivity index (χ0n) is 24.4. The summed E-state index contributed by atoms with van der Waals surface area (Å²) in [4.78, 5) is 55.2. The molecule has 2 fully saturated rings. The highest BCUT2D eigenvalue weighted by molar-refractivity contribution is 7.98. The largest absolute Gasteiger partial charge is 0.456 e. The molecule has 232 valence electrons. The van der Waals surface area contributed by atoms with Crippen LogP contribution in [0.2, 0.25) is 0 Å². The van der Waals surface area contributed by atoms with E-state index in [2.05, 4.69) is 0 Å². The number of fused-ring (bicyclic) bond motifs is 2. The predicted octanol–water partition coefficient (Wildman–Crippen LogP) is 2.09. The molecule has 15 heteroatoms. The van der Waals surface area contributed by atoms with Crippen LogP contribution in [0.15, 0.2) is 47.5 Å². The smallest absolute Gasteiger partial charge is 0.355 e. The van der Waals surface area contributed by atoms with Gasteiger partial charge in [0, 0.05) is 36.7 Å². The summed E-state index contributed by atoms with van der Waals surface area (Å²) in [5, 5.41) is 22.3. The lowest BCUT2D eigenvalue weighted by molar-refractivity contribution is -0.718. The molecule has 0 saturated carbocycles. The summed E-state index contributed by atoms with van der Waals surface area (Å²) in [6, 6.07) is 5.32. The second-order valence-corrected chi connectivity index (χ2v) is 12.9. The van der Waals surface area contributed by atoms with Crippen molar-refractivity contribution >= 4 is 57.0 Å². The number of nitro benzene ring substituents is 1. The van der Waals surface area contributed by atoms with Crippen LogP contribution in [0.3, 0.4) is 0 Å². The zero-order valence-corrected chi connectivity index (χ0v) is 26.0. The third-order valence-corrected chi connectivity index (χ3v) is 10.5. The molecule has 4 atom stereocenters. The van der Waals surface area contributed by atoms with Crippen molar-refractivity contribution in [1.82, 2.24) is 14.2 Å². The average Bonchev–Trinajstić information content (AvgIpc) is 3.63. The highest BCUT2D eigenvalue weighted by Gasteiger charge is 2.60. The van der Waals surface area contributed by atoms with Crippen molar-refractivity contribution in [1.29, 1.82) is 0 Å². The van der Waals surface area contributed by atoms with E-state index in [1.54, 1.807) is 11.8 Å². The Morgan fingerprint density at radius 1 is 1.27 bits per heavy atom. The van der Waals surface area contributed by atoms with E-state index < -0.39 is 29.0 Å². The van der Waals surface area contributed by atoms with Gasteiger partial charge in [-0.2, -0.15) is 4.40 Å². The third kappa shape index (κ3) is 5.16. The fourth-order valence-electron chi connectivity index (χ4n) is 6.25. The molecule has 3 aliphatic rings. The Bertz CT molecular complexity index is 1670. The summed E-state index contributed by atoms with van der Waals surface area (Å²) in [5.74, 6) is -1.89. The molecule has 0 unspecified atom stereocenters. The van der Waals surface area contributed by atoms with Crippen LogP contribution in [0, 0.1) is 22.0 Å². The molecule has 3 aliphatic heterocycles. The number of thioether (sulfide) groups is 1. The number of thiazole rings is 1. The van der Waals surface area contributed by atoms with Crippen LogP contribution in [0.25, 0.3) is 10.4 Å². The Morgan fingerprint density at radius 2 is 1.98 bits per heavy atom. The highest BCUT2D eigenvalue weighted by Crippen LogP contribution is 2.52. The summed E-state index contributed by atoms with van der Waals surface area (Å²) < 4.78 is 14.9. The van der Waals surface area contributed by atoms with Crippen LogP contribution in [0.5, 0.6) is 0 Å². The predicted molar refractivity (Wildman–Crippen MR) is 159 cm³/mol. The molecule has 6 rings (SSSR count). The normalized spacial score (nSPS) is 22.3. The number of imidazole rings is 1. The van der Waals surface area contributed by atoms with Gasteiger partial charge in [0.2, 0.25) is 15.8 Å². The van der Waals surface area contributed by atoms with Crippen molar-refractivity contribution in [2.75, 3.05) is 32.6 Å². The van der Waals surface area contributed by atoms with E-state index in [0.717, 1.165) is 14.7 Å². The first-order valence-electron chi connectivity index (χ1n) is 14.2. The number of aliphatic hydroxyl groups is 1. The number of carbonyl (C=O) groups is 3. The van der Waals surface area contributed by atoms with Crippen LogP contribution in [0.4, 0.5) is 5.69 Å². The van der Waals surface area contributed by atoms with Gasteiger partial charge in [-0.1, -0.05) is 30.0 Å². The Kier molecular flexibility index (Phi) is 8.22. The second-order valence-electron chi connectivity index (χ2n) is 11.1. The van der Waals surface area contributed by atoms with Gasteiger partial charge in [0.15, 0.2) is 6.54 Å². The maximum absolute atomic E-state index is 13.6. The molecular formula is C29H32N5O8S2+. The maximum Gasteiger partial charge on any atom is 0.355 e. The molecule has 0 spiro atoms. The molecule has 2 amide bonds. The monoisotopic (exact) mass is 642 g/mol. The minimum atomic E-state index is -0.882. The Labute approximate surface area is 260 Å². The summed E-state index contributed by atoms with van der Waals surface area (Å²) in [5.41, 5.74) is 1.31. The van der Waals surface area contributed by atoms with Crippen molar-refractivity contribution in [3.63, 3.8) is 0 Å². The summed E-state index contributed by atoms with van der Waals surface area (Å²) in [7, 11) is 0. The van der Waals surface area contributed by atoms with Crippen molar-refractivity contribution < 1.29 is 38.5 Å². The van der Waals surface area contributed by atoms with E-state index in [-0.39, 0.29) is 42.3 Å². The van der Waals surface area contributed by atoms with Gasteiger partial charge in [-0.15, -0.1) is 0 Å². The number of nitrogens with zero attached hydrogens (tertiary/aromatic N) is 5. The van der Waals surface area contributed by atoms with Crippen LogP contribution in [-0.4, -0.2) is 86.7 Å². The third-order valence-electron chi connectivity index (χ3n) is 8.42. The van der Waals surface area contributed by atoms with Gasteiger partial charge in [-0.3, -0.25) is 19.7 Å². The topological polar surface area (TPSA) is 148 Å². The van der Waals surface area contributed by atoms with Gasteiger partial charge in [0.05, 0.1) is 41.1 Å². The average molecular weight is 643 g/mol. The second kappa shape index (κ2) is 12.0. The van der Waals surface area contributed by atoms with Crippen LogP contribution in [0.1, 0.15) is 24.3 Å². The fourth-order valence-corrected chi connectivity index (χ4v) is 8.43. The molecule has 5 heterocycles. The number of rotatable bonds is 9. The number of ether oxygens (including phenoxy) is 2. The van der Waals surface area contributed by atoms with E-state index in [1.807, 2.05) is 34.7 Å². The van der Waals surface area contributed by atoms with E-state index in [1.165, 1.54) is 52.3 Å². The molecule has 1 N–H and O–H groups in total. The lowest BCUT2D eigenvalue weighted by atomic mass is 9.77. The number of carbonyl (C=O) groups excluding carboxylic acids is 3. The number of esters is 1. The Balaban J connectivity index is 1.31. The zero-order chi connectivity index (χ0) is 31.3. The Morgan fingerprint density at radius 3 is 2.61 bits per heavy atom. The molecule has 0 bridgehead atoms. The molecule has 2 saturated heterocycles. The molecule has 2 aromatic heterocycles. The van der Waals surface area contributed by atoms with Crippen molar-refractivity contribution in [2.24, 2.45) is 11.8 Å². The number of aromatic nitrogens is 2. The number of hydrogen-bond acceptors (Lipinski definition) is 10. The number of aliphatic hydroxyl groups excluding tert-OH is 1. The molecule has 0 aliphatic carbocycles. The van der Waals surface area contributed by atoms with Crippen LogP contribution >= 0.6 is 23.1 Å². The molecule has 44 heavy (non-hydrogen) atoms. The van der Waals surface area contributed by atoms with Gasteiger partial charge in [0.25, 0.3) is 17.9 Å². The quantitative estimate of drug-likeness (QED) is 0.0925. The van der Waals surface area contributed by atoms with E-state index in [9.17, 15) is 29.6 Å². The van der Waals surface area contributed by atoms with Gasteiger partial charge in [-0.05, 0) is 30.9 Å². The number of benzene rings is 1. The van der Waals surface area contributed by atoms with Crippen molar-refractivity contribution in [3.05, 3.63) is 63.0 Å². The number of nitro groups is 1. The number of β-lactam (4-membered cyclic amide) rings is 1. The number of non-ortho nitro benzene ring substituents is 1. The Hall–Kier alpha value is -3.79. The van der Waals surface area contributed by atoms with E-state index >= 15 is 0 Å². The summed E-state index contributed by atoms with van der Waals surface area (Å²) in [6.07, 6.45) is 4.83. The highest BCUT2D eigenvalue weighted by atomic mass is 32.2. The van der Waals surface area contributed by atoms with Gasteiger partial charge in [0.1, 0.15) is 18.5 Å². The van der Waals surface area contributed by atoms with Gasteiger partial charge < -0.3 is 24.4 Å². The van der Waals surface area contributed by atoms with Crippen LogP contribution < -0.4 is 4.57 Å². The first-order valence-corrected chi connectivity index (χ1v) is 16.2. The molecule has 13 nitrogen and oxygen atoms in total. The van der Waals surface area contributed by atoms with Crippen molar-refractivity contribution in [3.8, 4) is 0 Å². The molecule has 1 aromatic carbocycles. The van der Waals surface area contributed by atoms with Gasteiger partial charge >= 0.3 is 5.97 Å². The summed E-state index contributed by atoms with van der Waals surface area (Å²) >= 11 is 2.98. The number of morpholine rings is 1. The van der Waals surface area contributed by atoms with Gasteiger partial charge in [-0.25, -0.2) is 9.36 Å². The number of hydrogen-bond donors (Lipinski definition) is 1. The summed E-state index contributed by atoms with van der Waals surface area (Å²) in [6.45, 7) is 5.78. The molecule has 3 aromatic rings. The van der Waals surface area contributed by atoms with Crippen LogP contribution in [-0.2, 0) is 37.0 Å². The molecule has 0 radical (unpaired) electrons. The SMILES string of the molecule is CSc1c2sc(C3=C(C(=O)OCc4ccc([N+](=O)[O-])cc4)N4C(=O)[C@H]([C@@H](C)O)[C@H]4[C@H]3C)cn2c[n+]1CC(=O)N1CCOCC1. The van der Waals surface area contributed by atoms with E-state index in [0.29, 0.717) is 37.4 Å². The first-order chi connectivity index (χ1) is 21.1. The van der Waals surface area contributed by atoms with Crippen molar-refractivity contribution in [2.45, 2.75) is 44.2 Å².